The summed E-state index contributed by atoms with van der Waals surface area (Å²) in [4.78, 5) is 3.14. The molecule has 0 radical (unpaired) electrons. The fraction of sp³-hybridized carbons (Fsp3) is 0.600. The van der Waals surface area contributed by atoms with Gasteiger partial charge in [-0.2, -0.15) is 0 Å². The molecule has 31 heavy (non-hydrogen) atoms. The van der Waals surface area contributed by atoms with Gasteiger partial charge in [0.05, 0.1) is 10.9 Å². The predicted molar refractivity (Wildman–Crippen MR) is 139 cm³/mol. The Morgan fingerprint density at radius 3 is 1.45 bits per heavy atom. The summed E-state index contributed by atoms with van der Waals surface area (Å²) in [6.07, 6.45) is 20.3. The molecule has 0 heterocycles. The van der Waals surface area contributed by atoms with Crippen molar-refractivity contribution in [2.45, 2.75) is 125 Å². The third-order valence-corrected chi connectivity index (χ3v) is 9.58. The van der Waals surface area contributed by atoms with Gasteiger partial charge in [0, 0.05) is 0 Å². The average Bonchev–Trinajstić information content (AvgIpc) is 2.82. The summed E-state index contributed by atoms with van der Waals surface area (Å²) in [5.74, 6) is 0. The van der Waals surface area contributed by atoms with Crippen molar-refractivity contribution < 1.29 is 0 Å². The summed E-state index contributed by atoms with van der Waals surface area (Å²) in [5.41, 5.74) is 3.05. The molecule has 170 valence electrons. The van der Waals surface area contributed by atoms with Crippen LogP contribution in [0, 0.1) is 0 Å². The SMILES string of the molecule is CCCCCCc1ccc([S+](c2ccc(CCCCCC)cc2)C2CCCCC2)cc1. The van der Waals surface area contributed by atoms with Gasteiger partial charge in [-0.1, -0.05) is 83.1 Å². The monoisotopic (exact) mass is 437 g/mol. The van der Waals surface area contributed by atoms with Crippen LogP contribution in [0.25, 0.3) is 0 Å². The van der Waals surface area contributed by atoms with Crippen LogP contribution >= 0.6 is 0 Å². The third-order valence-electron chi connectivity index (χ3n) is 6.88. The molecule has 0 spiro atoms. The smallest absolute Gasteiger partial charge is 0.0654 e. The van der Waals surface area contributed by atoms with Gasteiger partial charge in [-0.15, -0.1) is 0 Å². The van der Waals surface area contributed by atoms with Crippen molar-refractivity contribution in [1.82, 2.24) is 0 Å². The second-order valence-corrected chi connectivity index (χ2v) is 11.8. The van der Waals surface area contributed by atoms with Gasteiger partial charge in [0.15, 0.2) is 9.79 Å². The zero-order valence-corrected chi connectivity index (χ0v) is 21.0. The molecule has 0 atom stereocenters. The quantitative estimate of drug-likeness (QED) is 0.216. The number of rotatable bonds is 13. The van der Waals surface area contributed by atoms with Gasteiger partial charge in [0.1, 0.15) is 5.25 Å². The molecule has 0 amide bonds. The summed E-state index contributed by atoms with van der Waals surface area (Å²) in [5, 5.41) is 0.833. The zero-order valence-electron chi connectivity index (χ0n) is 20.2. The first-order chi connectivity index (χ1) is 15.3. The Hall–Kier alpha value is -1.21. The van der Waals surface area contributed by atoms with Crippen LogP contribution < -0.4 is 0 Å². The molecule has 1 aliphatic rings. The minimum atomic E-state index is 0.228. The molecule has 1 fully saturated rings. The van der Waals surface area contributed by atoms with Crippen molar-refractivity contribution in [2.24, 2.45) is 0 Å². The van der Waals surface area contributed by atoms with Gasteiger partial charge in [-0.3, -0.25) is 0 Å². The lowest BCUT2D eigenvalue weighted by molar-refractivity contribution is 0.512. The summed E-state index contributed by atoms with van der Waals surface area (Å²) < 4.78 is 0. The highest BCUT2D eigenvalue weighted by atomic mass is 32.2. The lowest BCUT2D eigenvalue weighted by Gasteiger charge is -2.23. The maximum absolute atomic E-state index is 2.46. The average molecular weight is 438 g/mol. The van der Waals surface area contributed by atoms with E-state index in [4.69, 9.17) is 0 Å². The van der Waals surface area contributed by atoms with E-state index in [1.807, 2.05) is 0 Å². The molecular weight excluding hydrogens is 392 g/mol. The second kappa shape index (κ2) is 14.0. The summed E-state index contributed by atoms with van der Waals surface area (Å²) >= 11 is 0. The van der Waals surface area contributed by atoms with Crippen LogP contribution in [0.1, 0.15) is 108 Å². The van der Waals surface area contributed by atoms with E-state index in [1.54, 1.807) is 9.79 Å². The van der Waals surface area contributed by atoms with Crippen molar-refractivity contribution in [3.63, 3.8) is 0 Å². The molecule has 0 unspecified atom stereocenters. The van der Waals surface area contributed by atoms with E-state index < -0.39 is 0 Å². The summed E-state index contributed by atoms with van der Waals surface area (Å²) in [6.45, 7) is 4.58. The molecule has 0 N–H and O–H groups in total. The maximum atomic E-state index is 2.46. The zero-order chi connectivity index (χ0) is 21.7. The Morgan fingerprint density at radius 1 is 0.581 bits per heavy atom. The number of hydrogen-bond acceptors (Lipinski definition) is 0. The van der Waals surface area contributed by atoms with Gasteiger partial charge in [-0.25, -0.2) is 0 Å². The van der Waals surface area contributed by atoms with Crippen molar-refractivity contribution in [1.29, 1.82) is 0 Å². The van der Waals surface area contributed by atoms with Crippen molar-refractivity contribution in [3.8, 4) is 0 Å². The molecule has 0 aromatic heterocycles. The fourth-order valence-corrected chi connectivity index (χ4v) is 7.64. The van der Waals surface area contributed by atoms with E-state index >= 15 is 0 Å². The minimum Gasteiger partial charge on any atom is -0.0654 e. The fourth-order valence-electron chi connectivity index (χ4n) is 4.94. The summed E-state index contributed by atoms with van der Waals surface area (Å²) in [7, 11) is 0.228. The van der Waals surface area contributed by atoms with E-state index in [0.29, 0.717) is 0 Å². The molecule has 2 aromatic rings. The number of benzene rings is 2. The molecule has 2 aromatic carbocycles. The lowest BCUT2D eigenvalue weighted by atomic mass is 10.0. The van der Waals surface area contributed by atoms with Crippen LogP contribution in [0.2, 0.25) is 0 Å². The van der Waals surface area contributed by atoms with Crippen LogP contribution in [-0.4, -0.2) is 5.25 Å². The first-order valence-corrected chi connectivity index (χ1v) is 14.5. The lowest BCUT2D eigenvalue weighted by Crippen LogP contribution is -2.25. The Morgan fingerprint density at radius 2 is 1.03 bits per heavy atom. The van der Waals surface area contributed by atoms with Crippen LogP contribution in [0.15, 0.2) is 58.3 Å². The van der Waals surface area contributed by atoms with E-state index in [-0.39, 0.29) is 10.9 Å². The highest BCUT2D eigenvalue weighted by molar-refractivity contribution is 7.97. The Kier molecular flexibility index (Phi) is 11.1. The minimum absolute atomic E-state index is 0.228. The summed E-state index contributed by atoms with van der Waals surface area (Å²) in [6, 6.07) is 19.5. The molecule has 1 saturated carbocycles. The first-order valence-electron chi connectivity index (χ1n) is 13.2. The van der Waals surface area contributed by atoms with Gasteiger partial charge in [0.2, 0.25) is 0 Å². The van der Waals surface area contributed by atoms with E-state index in [1.165, 1.54) is 107 Å². The molecule has 0 aliphatic heterocycles. The van der Waals surface area contributed by atoms with Gasteiger partial charge in [-0.05, 0) is 86.8 Å². The second-order valence-electron chi connectivity index (χ2n) is 9.51. The van der Waals surface area contributed by atoms with Crippen LogP contribution in [-0.2, 0) is 23.7 Å². The highest BCUT2D eigenvalue weighted by Gasteiger charge is 2.36. The number of aryl methyl sites for hydroxylation is 2. The first kappa shape index (κ1) is 24.4. The van der Waals surface area contributed by atoms with Gasteiger partial charge < -0.3 is 0 Å². The molecule has 3 rings (SSSR count). The van der Waals surface area contributed by atoms with Crippen molar-refractivity contribution >= 4 is 10.9 Å². The topological polar surface area (TPSA) is 0 Å². The normalized spacial score (nSPS) is 14.9. The van der Waals surface area contributed by atoms with Crippen molar-refractivity contribution in [3.05, 3.63) is 59.7 Å². The standard InChI is InChI=1S/C30H45S/c1-3-5-7-10-14-26-18-22-29(23-19-26)31(28-16-12-9-13-17-28)30-24-20-27(21-25-30)15-11-8-6-4-2/h18-25,28H,3-17H2,1-2H3/q+1. The van der Waals surface area contributed by atoms with Gasteiger partial charge in [0.25, 0.3) is 0 Å². The maximum Gasteiger partial charge on any atom is 0.161 e. The van der Waals surface area contributed by atoms with Crippen molar-refractivity contribution in [2.75, 3.05) is 0 Å². The number of hydrogen-bond donors (Lipinski definition) is 0. The molecule has 0 bridgehead atoms. The predicted octanol–water partition coefficient (Wildman–Crippen LogP) is 9.30. The number of unbranched alkanes of at least 4 members (excludes halogenated alkanes) is 6. The highest BCUT2D eigenvalue weighted by Crippen LogP contribution is 2.36. The molecule has 1 aliphatic carbocycles. The van der Waals surface area contributed by atoms with Crippen LogP contribution in [0.4, 0.5) is 0 Å². The molecule has 0 saturated heterocycles. The van der Waals surface area contributed by atoms with E-state index in [2.05, 4.69) is 62.4 Å². The molecule has 0 nitrogen and oxygen atoms in total. The van der Waals surface area contributed by atoms with Crippen LogP contribution in [0.3, 0.4) is 0 Å². The largest absolute Gasteiger partial charge is 0.161 e. The van der Waals surface area contributed by atoms with Gasteiger partial charge >= 0.3 is 0 Å². The Balaban J connectivity index is 1.69. The Labute approximate surface area is 195 Å². The van der Waals surface area contributed by atoms with E-state index in [9.17, 15) is 0 Å². The third kappa shape index (κ3) is 8.01. The molecule has 1 heteroatoms. The molecular formula is C30H45S+. The van der Waals surface area contributed by atoms with Crippen LogP contribution in [0.5, 0.6) is 0 Å². The Bertz CT molecular complexity index is 654. The van der Waals surface area contributed by atoms with E-state index in [0.717, 1.165) is 5.25 Å².